The maximum Gasteiger partial charge on any atom is 0.223 e. The van der Waals surface area contributed by atoms with E-state index < -0.39 is 0 Å². The van der Waals surface area contributed by atoms with Crippen molar-refractivity contribution in [1.82, 2.24) is 9.80 Å². The van der Waals surface area contributed by atoms with Gasteiger partial charge in [0.15, 0.2) is 0 Å². The Morgan fingerprint density at radius 3 is 2.29 bits per heavy atom. The zero-order chi connectivity index (χ0) is 15.4. The van der Waals surface area contributed by atoms with Crippen molar-refractivity contribution in [3.63, 3.8) is 0 Å². The number of hydrogen-bond donors (Lipinski definition) is 0. The van der Waals surface area contributed by atoms with E-state index in [4.69, 9.17) is 23.2 Å². The van der Waals surface area contributed by atoms with Crippen LogP contribution in [0, 0.1) is 0 Å². The molecule has 0 spiro atoms. The average molecular weight is 329 g/mol. The van der Waals surface area contributed by atoms with Gasteiger partial charge in [-0.2, -0.15) is 0 Å². The summed E-state index contributed by atoms with van der Waals surface area (Å²) in [6.45, 7) is 3.99. The molecule has 1 aromatic carbocycles. The highest BCUT2D eigenvalue weighted by molar-refractivity contribution is 6.35. The molecule has 2 amide bonds. The average Bonchev–Trinajstić information content (AvgIpc) is 2.46. The van der Waals surface area contributed by atoms with Crippen molar-refractivity contribution in [3.8, 4) is 0 Å². The minimum atomic E-state index is 0.0649. The molecule has 1 aliphatic heterocycles. The van der Waals surface area contributed by atoms with Gasteiger partial charge in [-0.1, -0.05) is 29.3 Å². The van der Waals surface area contributed by atoms with E-state index >= 15 is 0 Å². The van der Waals surface area contributed by atoms with E-state index in [0.29, 0.717) is 49.1 Å². The Hall–Kier alpha value is -1.26. The number of aryl methyl sites for hydroxylation is 1. The van der Waals surface area contributed by atoms with Crippen LogP contribution in [0.2, 0.25) is 10.0 Å². The van der Waals surface area contributed by atoms with E-state index in [-0.39, 0.29) is 11.8 Å². The van der Waals surface area contributed by atoms with Gasteiger partial charge in [-0.25, -0.2) is 0 Å². The first-order chi connectivity index (χ1) is 9.97. The molecule has 0 atom stereocenters. The van der Waals surface area contributed by atoms with E-state index in [2.05, 4.69) is 0 Å². The summed E-state index contributed by atoms with van der Waals surface area (Å²) in [5.74, 6) is 0.166. The normalized spacial score (nSPS) is 15.2. The van der Waals surface area contributed by atoms with E-state index in [1.165, 1.54) is 0 Å². The van der Waals surface area contributed by atoms with Gasteiger partial charge in [-0.3, -0.25) is 9.59 Å². The van der Waals surface area contributed by atoms with Gasteiger partial charge < -0.3 is 9.80 Å². The maximum atomic E-state index is 12.2. The molecule has 0 bridgehead atoms. The summed E-state index contributed by atoms with van der Waals surface area (Å²) in [4.78, 5) is 27.0. The Balaban J connectivity index is 1.84. The highest BCUT2D eigenvalue weighted by Gasteiger charge is 2.22. The Labute approximate surface area is 134 Å². The molecule has 1 saturated heterocycles. The monoisotopic (exact) mass is 328 g/mol. The third kappa shape index (κ3) is 4.35. The number of carbonyl (C=O) groups is 2. The molecule has 1 fully saturated rings. The Morgan fingerprint density at radius 1 is 1.10 bits per heavy atom. The highest BCUT2D eigenvalue weighted by Crippen LogP contribution is 2.22. The fraction of sp³-hybridized carbons (Fsp3) is 0.467. The lowest BCUT2D eigenvalue weighted by Gasteiger charge is -2.34. The zero-order valence-corrected chi connectivity index (χ0v) is 13.5. The number of rotatable bonds is 3. The van der Waals surface area contributed by atoms with Crippen LogP contribution in [-0.4, -0.2) is 47.8 Å². The number of hydrogen-bond acceptors (Lipinski definition) is 2. The molecular formula is C15H18Cl2N2O2. The topological polar surface area (TPSA) is 40.6 Å². The zero-order valence-electron chi connectivity index (χ0n) is 11.9. The van der Waals surface area contributed by atoms with Crippen molar-refractivity contribution in [1.29, 1.82) is 0 Å². The van der Waals surface area contributed by atoms with Crippen molar-refractivity contribution in [2.75, 3.05) is 26.2 Å². The number of carbonyl (C=O) groups excluding carboxylic acids is 2. The number of nitrogens with zero attached hydrogens (tertiary/aromatic N) is 2. The van der Waals surface area contributed by atoms with E-state index in [0.717, 1.165) is 5.56 Å². The molecule has 0 unspecified atom stereocenters. The Kier molecular flexibility index (Phi) is 5.48. The molecule has 1 aromatic rings. The van der Waals surface area contributed by atoms with Gasteiger partial charge in [0, 0.05) is 49.6 Å². The summed E-state index contributed by atoms with van der Waals surface area (Å²) in [7, 11) is 0. The van der Waals surface area contributed by atoms with Gasteiger partial charge in [0.05, 0.1) is 0 Å². The molecule has 1 aliphatic rings. The van der Waals surface area contributed by atoms with Gasteiger partial charge in [-0.15, -0.1) is 0 Å². The molecule has 0 aromatic heterocycles. The Bertz CT molecular complexity index is 540. The first-order valence-electron chi connectivity index (χ1n) is 6.94. The molecule has 4 nitrogen and oxygen atoms in total. The van der Waals surface area contributed by atoms with Gasteiger partial charge in [-0.05, 0) is 24.1 Å². The van der Waals surface area contributed by atoms with Gasteiger partial charge in [0.25, 0.3) is 0 Å². The lowest BCUT2D eigenvalue weighted by atomic mass is 10.1. The quantitative estimate of drug-likeness (QED) is 0.855. The fourth-order valence-corrected chi connectivity index (χ4v) is 2.90. The minimum Gasteiger partial charge on any atom is -0.339 e. The number of piperazine rings is 1. The summed E-state index contributed by atoms with van der Waals surface area (Å²) in [6.07, 6.45) is 1.02. The molecular weight excluding hydrogens is 311 g/mol. The second-order valence-corrected chi connectivity index (χ2v) is 5.97. The summed E-state index contributed by atoms with van der Waals surface area (Å²) in [6, 6.07) is 5.32. The smallest absolute Gasteiger partial charge is 0.223 e. The summed E-state index contributed by atoms with van der Waals surface area (Å²) >= 11 is 11.9. The van der Waals surface area contributed by atoms with Gasteiger partial charge in [0.1, 0.15) is 0 Å². The van der Waals surface area contributed by atoms with Crippen LogP contribution in [0.25, 0.3) is 0 Å². The predicted molar refractivity (Wildman–Crippen MR) is 83.6 cm³/mol. The van der Waals surface area contributed by atoms with Gasteiger partial charge >= 0.3 is 0 Å². The van der Waals surface area contributed by atoms with Crippen molar-refractivity contribution in [2.45, 2.75) is 19.8 Å². The first kappa shape index (κ1) is 16.1. The second kappa shape index (κ2) is 7.14. The molecule has 0 radical (unpaired) electrons. The standard InChI is InChI=1S/C15H18Cl2N2O2/c1-11(20)18-6-8-19(9-7-18)15(21)5-3-12-2-4-13(16)10-14(12)17/h2,4,10H,3,5-9H2,1H3. The molecule has 1 heterocycles. The van der Waals surface area contributed by atoms with Crippen LogP contribution in [0.4, 0.5) is 0 Å². The molecule has 6 heteroatoms. The summed E-state index contributed by atoms with van der Waals surface area (Å²) < 4.78 is 0. The lowest BCUT2D eigenvalue weighted by molar-refractivity contribution is -0.138. The van der Waals surface area contributed by atoms with Crippen molar-refractivity contribution in [3.05, 3.63) is 33.8 Å². The third-order valence-corrected chi connectivity index (χ3v) is 4.29. The predicted octanol–water partition coefficient (Wildman–Crippen LogP) is 2.62. The van der Waals surface area contributed by atoms with Crippen LogP contribution in [0.1, 0.15) is 18.9 Å². The van der Waals surface area contributed by atoms with Crippen LogP contribution < -0.4 is 0 Å². The van der Waals surface area contributed by atoms with Crippen LogP contribution >= 0.6 is 23.2 Å². The molecule has 114 valence electrons. The van der Waals surface area contributed by atoms with E-state index in [1.54, 1.807) is 24.0 Å². The number of amides is 2. The molecule has 0 N–H and O–H groups in total. The van der Waals surface area contributed by atoms with Crippen LogP contribution in [0.3, 0.4) is 0 Å². The number of benzene rings is 1. The van der Waals surface area contributed by atoms with Crippen molar-refractivity contribution < 1.29 is 9.59 Å². The lowest BCUT2D eigenvalue weighted by Crippen LogP contribution is -2.50. The first-order valence-corrected chi connectivity index (χ1v) is 7.70. The third-order valence-electron chi connectivity index (χ3n) is 3.70. The Morgan fingerprint density at radius 2 is 1.71 bits per heavy atom. The van der Waals surface area contributed by atoms with E-state index in [9.17, 15) is 9.59 Å². The fourth-order valence-electron chi connectivity index (χ4n) is 2.39. The van der Waals surface area contributed by atoms with Crippen LogP contribution in [-0.2, 0) is 16.0 Å². The second-order valence-electron chi connectivity index (χ2n) is 5.12. The summed E-state index contributed by atoms with van der Waals surface area (Å²) in [5.41, 5.74) is 0.928. The van der Waals surface area contributed by atoms with Crippen molar-refractivity contribution in [2.24, 2.45) is 0 Å². The molecule has 2 rings (SSSR count). The SMILES string of the molecule is CC(=O)N1CCN(C(=O)CCc2ccc(Cl)cc2Cl)CC1. The summed E-state index contributed by atoms with van der Waals surface area (Å²) in [5, 5.41) is 1.19. The largest absolute Gasteiger partial charge is 0.339 e. The van der Waals surface area contributed by atoms with Crippen molar-refractivity contribution >= 4 is 35.0 Å². The molecule has 21 heavy (non-hydrogen) atoms. The maximum absolute atomic E-state index is 12.2. The van der Waals surface area contributed by atoms with Crippen LogP contribution in [0.15, 0.2) is 18.2 Å². The minimum absolute atomic E-state index is 0.0649. The highest BCUT2D eigenvalue weighted by atomic mass is 35.5. The van der Waals surface area contributed by atoms with E-state index in [1.807, 2.05) is 11.0 Å². The molecule has 0 saturated carbocycles. The molecule has 0 aliphatic carbocycles. The van der Waals surface area contributed by atoms with Gasteiger partial charge in [0.2, 0.25) is 11.8 Å². The number of halogens is 2. The van der Waals surface area contributed by atoms with Crippen LogP contribution in [0.5, 0.6) is 0 Å².